The van der Waals surface area contributed by atoms with E-state index in [1.807, 2.05) is 58.0 Å². The summed E-state index contributed by atoms with van der Waals surface area (Å²) in [7, 11) is 0. The van der Waals surface area contributed by atoms with Crippen molar-refractivity contribution < 1.29 is 14.7 Å². The molecule has 0 radical (unpaired) electrons. The third kappa shape index (κ3) is 4.65. The fraction of sp³-hybridized carbons (Fsp3) is 0.348. The predicted molar refractivity (Wildman–Crippen MR) is 119 cm³/mol. The lowest BCUT2D eigenvalue weighted by molar-refractivity contribution is -0.140. The number of carbonyl (C=O) groups excluding carboxylic acids is 1. The first-order chi connectivity index (χ1) is 13.5. The zero-order chi connectivity index (χ0) is 21.4. The van der Waals surface area contributed by atoms with Gasteiger partial charge in [-0.1, -0.05) is 39.8 Å². The first-order valence-corrected chi connectivity index (χ1v) is 10.3. The molecule has 0 spiro atoms. The van der Waals surface area contributed by atoms with Gasteiger partial charge in [-0.25, -0.2) is 0 Å². The monoisotopic (exact) mass is 411 g/mol. The van der Waals surface area contributed by atoms with Crippen LogP contribution in [0.1, 0.15) is 40.5 Å². The van der Waals surface area contributed by atoms with E-state index in [4.69, 9.17) is 5.11 Å². The van der Waals surface area contributed by atoms with Crippen LogP contribution in [0.25, 0.3) is 20.2 Å². The Kier molecular flexibility index (Phi) is 5.50. The third-order valence-corrected chi connectivity index (χ3v) is 6.15. The van der Waals surface area contributed by atoms with Crippen molar-refractivity contribution in [2.45, 2.75) is 40.5 Å². The number of nitrogens with one attached hydrogen (secondary N) is 1. The Bertz CT molecular complexity index is 1160. The smallest absolute Gasteiger partial charge is 0.303 e. The molecule has 0 saturated carbocycles. The molecule has 2 N–H and O–H groups in total. The Balaban J connectivity index is 1.88. The van der Waals surface area contributed by atoms with E-state index in [1.54, 1.807) is 23.5 Å². The molecule has 0 unspecified atom stereocenters. The standard InChI is InChI=1S/C23H25NO4S/c1-22(2,12-19(25)26)13-23(3,4)21(28)24-14-9-10-18-16(11-14)20(27)15-7-5-6-8-17(15)29-18/h5-11H,12-13H2,1-4H3,(H,24,28)(H,25,26). The van der Waals surface area contributed by atoms with E-state index in [-0.39, 0.29) is 17.8 Å². The van der Waals surface area contributed by atoms with E-state index in [0.717, 1.165) is 9.40 Å². The Labute approximate surface area is 173 Å². The van der Waals surface area contributed by atoms with Gasteiger partial charge < -0.3 is 10.4 Å². The van der Waals surface area contributed by atoms with Crippen molar-refractivity contribution in [2.24, 2.45) is 10.8 Å². The average molecular weight is 412 g/mol. The summed E-state index contributed by atoms with van der Waals surface area (Å²) in [5.74, 6) is -1.08. The lowest BCUT2D eigenvalue weighted by atomic mass is 9.73. The summed E-state index contributed by atoms with van der Waals surface area (Å²) in [5, 5.41) is 13.2. The van der Waals surface area contributed by atoms with Crippen LogP contribution in [-0.4, -0.2) is 17.0 Å². The highest BCUT2D eigenvalue weighted by molar-refractivity contribution is 7.24. The van der Waals surface area contributed by atoms with Crippen molar-refractivity contribution in [1.29, 1.82) is 0 Å². The van der Waals surface area contributed by atoms with Crippen LogP contribution in [-0.2, 0) is 9.59 Å². The highest BCUT2D eigenvalue weighted by Crippen LogP contribution is 2.37. The maximum atomic E-state index is 12.9. The summed E-state index contributed by atoms with van der Waals surface area (Å²) in [6.45, 7) is 7.31. The molecule has 5 nitrogen and oxygen atoms in total. The topological polar surface area (TPSA) is 83.5 Å². The fourth-order valence-electron chi connectivity index (χ4n) is 3.93. The minimum Gasteiger partial charge on any atom is -0.481 e. The van der Waals surface area contributed by atoms with Crippen LogP contribution in [0.4, 0.5) is 5.69 Å². The van der Waals surface area contributed by atoms with E-state index in [1.165, 1.54) is 0 Å². The second kappa shape index (κ2) is 7.59. The molecule has 1 heterocycles. The van der Waals surface area contributed by atoms with Gasteiger partial charge in [0.2, 0.25) is 5.91 Å². The van der Waals surface area contributed by atoms with E-state index in [9.17, 15) is 14.4 Å². The molecule has 6 heteroatoms. The summed E-state index contributed by atoms with van der Waals surface area (Å²) in [6.07, 6.45) is 0.416. The molecule has 1 amide bonds. The average Bonchev–Trinajstić information content (AvgIpc) is 2.60. The Morgan fingerprint density at radius 2 is 1.66 bits per heavy atom. The van der Waals surface area contributed by atoms with Crippen LogP contribution < -0.4 is 10.7 Å². The number of fused-ring (bicyclic) bond motifs is 2. The van der Waals surface area contributed by atoms with Crippen molar-refractivity contribution >= 4 is 49.1 Å². The number of carboxylic acid groups (broad SMARTS) is 1. The van der Waals surface area contributed by atoms with Crippen LogP contribution in [0.2, 0.25) is 0 Å². The maximum absolute atomic E-state index is 12.9. The van der Waals surface area contributed by atoms with Gasteiger partial charge in [-0.2, -0.15) is 0 Å². The summed E-state index contributed by atoms with van der Waals surface area (Å²) in [4.78, 5) is 36.8. The second-order valence-corrected chi connectivity index (χ2v) is 9.97. The summed E-state index contributed by atoms with van der Waals surface area (Å²) < 4.78 is 1.80. The van der Waals surface area contributed by atoms with Gasteiger partial charge >= 0.3 is 5.97 Å². The molecule has 2 aromatic carbocycles. The van der Waals surface area contributed by atoms with Crippen molar-refractivity contribution in [3.63, 3.8) is 0 Å². The minimum absolute atomic E-state index is 0.00626. The van der Waals surface area contributed by atoms with Crippen molar-refractivity contribution in [3.05, 3.63) is 52.7 Å². The fourth-order valence-corrected chi connectivity index (χ4v) is 4.98. The van der Waals surface area contributed by atoms with E-state index >= 15 is 0 Å². The van der Waals surface area contributed by atoms with Gasteiger partial charge in [-0.3, -0.25) is 14.4 Å². The van der Waals surface area contributed by atoms with Crippen LogP contribution in [0.3, 0.4) is 0 Å². The van der Waals surface area contributed by atoms with Gasteiger partial charge in [0.25, 0.3) is 0 Å². The summed E-state index contributed by atoms with van der Waals surface area (Å²) in [6, 6.07) is 12.9. The molecule has 0 aliphatic rings. The molecule has 29 heavy (non-hydrogen) atoms. The van der Waals surface area contributed by atoms with E-state index in [2.05, 4.69) is 5.32 Å². The molecule has 0 atom stereocenters. The molecular weight excluding hydrogens is 386 g/mol. The zero-order valence-corrected chi connectivity index (χ0v) is 17.9. The number of amides is 1. The van der Waals surface area contributed by atoms with Crippen LogP contribution in [0, 0.1) is 10.8 Å². The number of anilines is 1. The molecular formula is C23H25NO4S. The highest BCUT2D eigenvalue weighted by atomic mass is 32.1. The lowest BCUT2D eigenvalue weighted by Gasteiger charge is -2.33. The van der Waals surface area contributed by atoms with Crippen molar-refractivity contribution in [1.82, 2.24) is 0 Å². The van der Waals surface area contributed by atoms with E-state index < -0.39 is 16.8 Å². The van der Waals surface area contributed by atoms with Gasteiger partial charge in [-0.05, 0) is 42.2 Å². The van der Waals surface area contributed by atoms with Crippen molar-refractivity contribution in [2.75, 3.05) is 5.32 Å². The molecule has 152 valence electrons. The minimum atomic E-state index is -0.878. The van der Waals surface area contributed by atoms with Crippen LogP contribution in [0.5, 0.6) is 0 Å². The molecule has 0 aliphatic carbocycles. The SMILES string of the molecule is CC(C)(CC(=O)O)CC(C)(C)C(=O)Nc1ccc2sc3ccccc3c(=O)c2c1. The van der Waals surface area contributed by atoms with Gasteiger partial charge in [0.1, 0.15) is 0 Å². The molecule has 0 fully saturated rings. The quantitative estimate of drug-likeness (QED) is 0.541. The van der Waals surface area contributed by atoms with Gasteiger partial charge in [0.15, 0.2) is 5.43 Å². The highest BCUT2D eigenvalue weighted by Gasteiger charge is 2.36. The Hall–Kier alpha value is -2.73. The van der Waals surface area contributed by atoms with Gasteiger partial charge in [-0.15, -0.1) is 11.3 Å². The summed E-state index contributed by atoms with van der Waals surface area (Å²) in [5.41, 5.74) is -0.766. The first kappa shape index (κ1) is 21.0. The number of carboxylic acids is 1. The molecule has 1 aromatic heterocycles. The summed E-state index contributed by atoms with van der Waals surface area (Å²) >= 11 is 1.54. The molecule has 0 saturated heterocycles. The maximum Gasteiger partial charge on any atom is 0.303 e. The second-order valence-electron chi connectivity index (χ2n) is 8.89. The van der Waals surface area contributed by atoms with E-state index in [0.29, 0.717) is 22.9 Å². The molecule has 0 bridgehead atoms. The normalized spacial score (nSPS) is 12.3. The zero-order valence-electron chi connectivity index (χ0n) is 17.0. The number of hydrogen-bond acceptors (Lipinski definition) is 4. The Morgan fingerprint density at radius 1 is 1.00 bits per heavy atom. The number of aliphatic carboxylic acids is 1. The lowest BCUT2D eigenvalue weighted by Crippen LogP contribution is -2.36. The number of hydrogen-bond donors (Lipinski definition) is 2. The predicted octanol–water partition coefficient (Wildman–Crippen LogP) is 5.27. The molecule has 0 aliphatic heterocycles. The van der Waals surface area contributed by atoms with Crippen LogP contribution in [0.15, 0.2) is 47.3 Å². The van der Waals surface area contributed by atoms with Crippen LogP contribution >= 0.6 is 11.3 Å². The largest absolute Gasteiger partial charge is 0.481 e. The first-order valence-electron chi connectivity index (χ1n) is 9.47. The third-order valence-electron chi connectivity index (χ3n) is 5.00. The molecule has 3 aromatic rings. The van der Waals surface area contributed by atoms with Gasteiger partial charge in [0.05, 0.1) is 6.42 Å². The molecule has 3 rings (SSSR count). The number of rotatable bonds is 6. The van der Waals surface area contributed by atoms with Gasteiger partial charge in [0, 0.05) is 31.3 Å². The number of benzene rings is 2. The Morgan fingerprint density at radius 3 is 2.34 bits per heavy atom. The van der Waals surface area contributed by atoms with Crippen molar-refractivity contribution in [3.8, 4) is 0 Å². The number of carbonyl (C=O) groups is 2.